The summed E-state index contributed by atoms with van der Waals surface area (Å²) >= 11 is 0. The van der Waals surface area contributed by atoms with Crippen molar-refractivity contribution in [3.63, 3.8) is 0 Å². The van der Waals surface area contributed by atoms with Crippen LogP contribution in [0.25, 0.3) is 0 Å². The lowest BCUT2D eigenvalue weighted by atomic mass is 10.1. The summed E-state index contributed by atoms with van der Waals surface area (Å²) in [6, 6.07) is 4.14. The molecule has 0 aliphatic rings. The Morgan fingerprint density at radius 3 is 2.13 bits per heavy atom. The molecule has 0 aliphatic carbocycles. The molecule has 4 heteroatoms. The van der Waals surface area contributed by atoms with E-state index in [2.05, 4.69) is 0 Å². The molecule has 15 heavy (non-hydrogen) atoms. The summed E-state index contributed by atoms with van der Waals surface area (Å²) in [5.74, 6) is -0.300. The SMILES string of the molecule is C/C=C\C(=O)c1ccc(C(F)(F)F)cc1. The number of halogens is 3. The van der Waals surface area contributed by atoms with E-state index in [0.717, 1.165) is 12.1 Å². The van der Waals surface area contributed by atoms with Crippen molar-refractivity contribution in [1.29, 1.82) is 0 Å². The van der Waals surface area contributed by atoms with E-state index in [0.29, 0.717) is 0 Å². The van der Waals surface area contributed by atoms with Gasteiger partial charge in [-0.2, -0.15) is 13.2 Å². The van der Waals surface area contributed by atoms with Crippen molar-refractivity contribution in [3.05, 3.63) is 47.5 Å². The molecule has 1 aromatic carbocycles. The van der Waals surface area contributed by atoms with Gasteiger partial charge in [-0.15, -0.1) is 0 Å². The zero-order valence-electron chi connectivity index (χ0n) is 8.01. The molecule has 0 atom stereocenters. The van der Waals surface area contributed by atoms with Crippen LogP contribution in [0.1, 0.15) is 22.8 Å². The van der Waals surface area contributed by atoms with Crippen LogP contribution in [0.2, 0.25) is 0 Å². The number of allylic oxidation sites excluding steroid dienone is 2. The molecule has 0 aliphatic heterocycles. The molecule has 1 aromatic rings. The molecular formula is C11H9F3O. The Kier molecular flexibility index (Phi) is 3.29. The van der Waals surface area contributed by atoms with E-state index in [1.807, 2.05) is 0 Å². The number of hydrogen-bond acceptors (Lipinski definition) is 1. The lowest BCUT2D eigenvalue weighted by Crippen LogP contribution is -2.05. The third kappa shape index (κ3) is 2.94. The summed E-state index contributed by atoms with van der Waals surface area (Å²) in [5.41, 5.74) is -0.499. The minimum atomic E-state index is -4.36. The first-order valence-corrected chi connectivity index (χ1v) is 4.29. The molecule has 0 amide bonds. The minimum Gasteiger partial charge on any atom is -0.289 e. The molecule has 0 saturated carbocycles. The van der Waals surface area contributed by atoms with E-state index in [-0.39, 0.29) is 11.3 Å². The summed E-state index contributed by atoms with van der Waals surface area (Å²) in [5, 5.41) is 0. The molecule has 0 saturated heterocycles. The number of benzene rings is 1. The lowest BCUT2D eigenvalue weighted by molar-refractivity contribution is -0.137. The predicted molar refractivity (Wildman–Crippen MR) is 50.6 cm³/mol. The Hall–Kier alpha value is -1.58. The first-order valence-electron chi connectivity index (χ1n) is 4.29. The second kappa shape index (κ2) is 4.29. The Labute approximate surface area is 85.2 Å². The average molecular weight is 214 g/mol. The molecule has 0 aromatic heterocycles. The van der Waals surface area contributed by atoms with E-state index >= 15 is 0 Å². The molecule has 0 bridgehead atoms. The maximum absolute atomic E-state index is 12.2. The van der Waals surface area contributed by atoms with Crippen LogP contribution in [0.4, 0.5) is 13.2 Å². The zero-order chi connectivity index (χ0) is 11.5. The van der Waals surface area contributed by atoms with Crippen LogP contribution in [-0.4, -0.2) is 5.78 Å². The molecular weight excluding hydrogens is 205 g/mol. The van der Waals surface area contributed by atoms with E-state index in [1.54, 1.807) is 13.0 Å². The maximum atomic E-state index is 12.2. The minimum absolute atomic E-state index is 0.251. The van der Waals surface area contributed by atoms with Gasteiger partial charge in [0.25, 0.3) is 0 Å². The average Bonchev–Trinajstić information content (AvgIpc) is 2.17. The maximum Gasteiger partial charge on any atom is 0.416 e. The highest BCUT2D eigenvalue weighted by Crippen LogP contribution is 2.29. The van der Waals surface area contributed by atoms with Gasteiger partial charge in [0.15, 0.2) is 5.78 Å². The molecule has 0 N–H and O–H groups in total. The topological polar surface area (TPSA) is 17.1 Å². The fraction of sp³-hybridized carbons (Fsp3) is 0.182. The summed E-state index contributed by atoms with van der Waals surface area (Å²) in [6.07, 6.45) is -1.51. The Morgan fingerprint density at radius 1 is 1.20 bits per heavy atom. The van der Waals surface area contributed by atoms with E-state index in [9.17, 15) is 18.0 Å². The van der Waals surface area contributed by atoms with Crippen molar-refractivity contribution >= 4 is 5.78 Å². The van der Waals surface area contributed by atoms with Gasteiger partial charge in [0.05, 0.1) is 5.56 Å². The van der Waals surface area contributed by atoms with Crippen LogP contribution < -0.4 is 0 Å². The quantitative estimate of drug-likeness (QED) is 0.544. The molecule has 0 unspecified atom stereocenters. The number of alkyl halides is 3. The molecule has 0 radical (unpaired) electrons. The van der Waals surface area contributed by atoms with Crippen molar-refractivity contribution in [2.24, 2.45) is 0 Å². The highest BCUT2D eigenvalue weighted by Gasteiger charge is 2.30. The van der Waals surface area contributed by atoms with Crippen LogP contribution in [-0.2, 0) is 6.18 Å². The summed E-state index contributed by atoms with van der Waals surface area (Å²) in [7, 11) is 0. The highest BCUT2D eigenvalue weighted by atomic mass is 19.4. The van der Waals surface area contributed by atoms with Crippen molar-refractivity contribution in [2.45, 2.75) is 13.1 Å². The summed E-state index contributed by atoms with van der Waals surface area (Å²) in [6.45, 7) is 1.67. The van der Waals surface area contributed by atoms with Crippen LogP contribution in [0.15, 0.2) is 36.4 Å². The first kappa shape index (κ1) is 11.5. The van der Waals surface area contributed by atoms with Gasteiger partial charge in [-0.05, 0) is 25.1 Å². The number of hydrogen-bond donors (Lipinski definition) is 0. The monoisotopic (exact) mass is 214 g/mol. The van der Waals surface area contributed by atoms with Crippen LogP contribution >= 0.6 is 0 Å². The lowest BCUT2D eigenvalue weighted by Gasteiger charge is -2.06. The first-order chi connectivity index (χ1) is 6.95. The standard InChI is InChI=1S/C11H9F3O/c1-2-3-10(15)8-4-6-9(7-5-8)11(12,13)14/h2-7H,1H3/b3-2-. The summed E-state index contributed by atoms with van der Waals surface area (Å²) in [4.78, 5) is 11.2. The van der Waals surface area contributed by atoms with Crippen molar-refractivity contribution in [1.82, 2.24) is 0 Å². The number of carbonyl (C=O) groups excluding carboxylic acids is 1. The van der Waals surface area contributed by atoms with Gasteiger partial charge in [0.1, 0.15) is 0 Å². The highest BCUT2D eigenvalue weighted by molar-refractivity contribution is 6.04. The van der Waals surface area contributed by atoms with Crippen LogP contribution in [0, 0.1) is 0 Å². The largest absolute Gasteiger partial charge is 0.416 e. The molecule has 0 fully saturated rings. The molecule has 0 spiro atoms. The molecule has 0 heterocycles. The zero-order valence-corrected chi connectivity index (χ0v) is 8.01. The van der Waals surface area contributed by atoms with Crippen LogP contribution in [0.5, 0.6) is 0 Å². The third-order valence-electron chi connectivity index (χ3n) is 1.81. The van der Waals surface area contributed by atoms with Gasteiger partial charge in [-0.25, -0.2) is 0 Å². The van der Waals surface area contributed by atoms with Gasteiger partial charge in [0.2, 0.25) is 0 Å². The second-order valence-corrected chi connectivity index (χ2v) is 2.94. The van der Waals surface area contributed by atoms with Gasteiger partial charge in [-0.1, -0.05) is 18.2 Å². The normalized spacial score (nSPS) is 12.0. The van der Waals surface area contributed by atoms with Crippen LogP contribution in [0.3, 0.4) is 0 Å². The van der Waals surface area contributed by atoms with Crippen molar-refractivity contribution < 1.29 is 18.0 Å². The van der Waals surface area contributed by atoms with Gasteiger partial charge in [-0.3, -0.25) is 4.79 Å². The van der Waals surface area contributed by atoms with Gasteiger partial charge >= 0.3 is 6.18 Å². The smallest absolute Gasteiger partial charge is 0.289 e. The Balaban J connectivity index is 2.95. The van der Waals surface area contributed by atoms with E-state index in [1.165, 1.54) is 18.2 Å². The fourth-order valence-electron chi connectivity index (χ4n) is 1.07. The fourth-order valence-corrected chi connectivity index (χ4v) is 1.07. The predicted octanol–water partition coefficient (Wildman–Crippen LogP) is 3.46. The Morgan fingerprint density at radius 2 is 1.73 bits per heavy atom. The van der Waals surface area contributed by atoms with Gasteiger partial charge < -0.3 is 0 Å². The summed E-state index contributed by atoms with van der Waals surface area (Å²) < 4.78 is 36.5. The van der Waals surface area contributed by atoms with Crippen molar-refractivity contribution in [2.75, 3.05) is 0 Å². The Bertz CT molecular complexity index is 374. The molecule has 1 nitrogen and oxygen atoms in total. The number of rotatable bonds is 2. The second-order valence-electron chi connectivity index (χ2n) is 2.94. The number of carbonyl (C=O) groups is 1. The van der Waals surface area contributed by atoms with Crippen molar-refractivity contribution in [3.8, 4) is 0 Å². The third-order valence-corrected chi connectivity index (χ3v) is 1.81. The van der Waals surface area contributed by atoms with E-state index in [4.69, 9.17) is 0 Å². The molecule has 80 valence electrons. The van der Waals surface area contributed by atoms with Gasteiger partial charge in [0, 0.05) is 5.56 Å². The van der Waals surface area contributed by atoms with E-state index < -0.39 is 11.7 Å². The molecule has 1 rings (SSSR count). The number of ketones is 1.